The predicted molar refractivity (Wildman–Crippen MR) is 120 cm³/mol. The molecule has 152 valence electrons. The maximum Gasteiger partial charge on any atom is 0.229 e. The van der Waals surface area contributed by atoms with Gasteiger partial charge in [-0.3, -0.25) is 4.79 Å². The lowest BCUT2D eigenvalue weighted by atomic mass is 9.97. The molecule has 27 heavy (non-hydrogen) atoms. The van der Waals surface area contributed by atoms with E-state index >= 15 is 0 Å². The normalized spacial score (nSPS) is 14.9. The number of aromatic nitrogens is 2. The van der Waals surface area contributed by atoms with Crippen LogP contribution in [0, 0.1) is 5.92 Å². The molecule has 1 amide bonds. The van der Waals surface area contributed by atoms with Gasteiger partial charge >= 0.3 is 0 Å². The Morgan fingerprint density at radius 1 is 1.30 bits per heavy atom. The highest BCUT2D eigenvalue weighted by Crippen LogP contribution is 2.30. The molecule has 1 aliphatic rings. The highest BCUT2D eigenvalue weighted by molar-refractivity contribution is 8.00. The van der Waals surface area contributed by atoms with Crippen molar-refractivity contribution in [1.29, 1.82) is 0 Å². The maximum atomic E-state index is 12.3. The van der Waals surface area contributed by atoms with Crippen LogP contribution in [0.2, 0.25) is 19.6 Å². The number of hydrogen-bond acceptors (Lipinski definition) is 7. The van der Waals surface area contributed by atoms with Gasteiger partial charge in [0.1, 0.15) is 13.5 Å². The van der Waals surface area contributed by atoms with Gasteiger partial charge in [-0.1, -0.05) is 31.0 Å². The van der Waals surface area contributed by atoms with Gasteiger partial charge in [-0.05, 0) is 25.9 Å². The number of amides is 1. The summed E-state index contributed by atoms with van der Waals surface area (Å²) in [5.74, 6) is 1.60. The van der Waals surface area contributed by atoms with Crippen LogP contribution in [-0.4, -0.2) is 37.0 Å². The Balaban J connectivity index is 0.00000182. The third kappa shape index (κ3) is 7.06. The van der Waals surface area contributed by atoms with E-state index in [4.69, 9.17) is 4.42 Å². The zero-order valence-corrected chi connectivity index (χ0v) is 19.9. The van der Waals surface area contributed by atoms with E-state index in [0.717, 1.165) is 41.4 Å². The molecule has 6 nitrogen and oxygen atoms in total. The highest BCUT2D eigenvalue weighted by atomic mass is 35.5. The number of carbonyl (C=O) groups is 1. The molecule has 0 bridgehead atoms. The van der Waals surface area contributed by atoms with Crippen LogP contribution in [0.3, 0.4) is 0 Å². The minimum atomic E-state index is -1.45. The molecule has 1 fully saturated rings. The molecule has 1 saturated heterocycles. The van der Waals surface area contributed by atoms with E-state index < -0.39 is 8.07 Å². The lowest BCUT2D eigenvalue weighted by Crippen LogP contribution is -2.36. The first-order valence-corrected chi connectivity index (χ1v) is 13.8. The third-order valence-corrected chi connectivity index (χ3v) is 7.86. The Bertz CT molecular complexity index is 730. The van der Waals surface area contributed by atoms with Crippen LogP contribution < -0.4 is 16.0 Å². The Hall–Kier alpha value is -0.583. The lowest BCUT2D eigenvalue weighted by molar-refractivity contribution is -0.120. The Kier molecular flexibility index (Phi) is 9.80. The van der Waals surface area contributed by atoms with E-state index in [1.54, 1.807) is 18.0 Å². The van der Waals surface area contributed by atoms with Crippen molar-refractivity contribution < 1.29 is 9.21 Å². The number of thiazole rings is 1. The number of nitrogens with one attached hydrogen (secondary N) is 2. The number of anilines is 1. The second-order valence-electron chi connectivity index (χ2n) is 7.15. The van der Waals surface area contributed by atoms with Crippen LogP contribution >= 0.6 is 47.9 Å². The molecule has 0 aliphatic carbocycles. The van der Waals surface area contributed by atoms with Gasteiger partial charge in [0.2, 0.25) is 11.8 Å². The number of piperidine rings is 1. The van der Waals surface area contributed by atoms with Crippen LogP contribution in [0.25, 0.3) is 0 Å². The van der Waals surface area contributed by atoms with E-state index in [-0.39, 0.29) is 36.6 Å². The predicted octanol–water partition coefficient (Wildman–Crippen LogP) is 3.75. The number of oxazole rings is 1. The molecule has 0 radical (unpaired) electrons. The zero-order valence-electron chi connectivity index (χ0n) is 15.6. The summed E-state index contributed by atoms with van der Waals surface area (Å²) < 4.78 is 6.91. The molecule has 0 spiro atoms. The molecule has 2 aromatic rings. The quantitative estimate of drug-likeness (QED) is 0.496. The highest BCUT2D eigenvalue weighted by Gasteiger charge is 2.23. The average Bonchev–Trinajstić information content (AvgIpc) is 3.22. The summed E-state index contributed by atoms with van der Waals surface area (Å²) in [5.41, 5.74) is 0. The second-order valence-corrected chi connectivity index (χ2v) is 14.5. The summed E-state index contributed by atoms with van der Waals surface area (Å²) in [7, 11) is -1.45. The number of carbonyl (C=O) groups excluding carboxylic acids is 1. The number of hydrogen-bond donors (Lipinski definition) is 2. The van der Waals surface area contributed by atoms with Gasteiger partial charge in [0, 0.05) is 5.92 Å². The van der Waals surface area contributed by atoms with Crippen molar-refractivity contribution in [2.45, 2.75) is 42.4 Å². The fourth-order valence-corrected chi connectivity index (χ4v) is 5.14. The molecule has 0 atom stereocenters. The number of rotatable bonds is 6. The second kappa shape index (κ2) is 10.8. The van der Waals surface area contributed by atoms with E-state index in [2.05, 4.69) is 40.2 Å². The van der Waals surface area contributed by atoms with E-state index in [9.17, 15) is 4.79 Å². The molecule has 3 rings (SSSR count). The Labute approximate surface area is 181 Å². The smallest absolute Gasteiger partial charge is 0.229 e. The number of thioether (sulfide) groups is 1. The van der Waals surface area contributed by atoms with E-state index in [0.29, 0.717) is 10.9 Å². The van der Waals surface area contributed by atoms with Crippen molar-refractivity contribution in [2.75, 3.05) is 18.4 Å². The summed E-state index contributed by atoms with van der Waals surface area (Å²) in [6.07, 6.45) is 5.44. The molecule has 2 aromatic heterocycles. The topological polar surface area (TPSA) is 80.0 Å². The van der Waals surface area contributed by atoms with Crippen LogP contribution in [0.5, 0.6) is 0 Å². The molecule has 2 N–H and O–H groups in total. The lowest BCUT2D eigenvalue weighted by Gasteiger charge is -2.20. The average molecular weight is 470 g/mol. The minimum absolute atomic E-state index is 0. The Morgan fingerprint density at radius 2 is 2.00 bits per heavy atom. The van der Waals surface area contributed by atoms with Gasteiger partial charge in [-0.15, -0.1) is 36.6 Å². The Morgan fingerprint density at radius 3 is 2.63 bits per heavy atom. The van der Waals surface area contributed by atoms with Crippen molar-refractivity contribution >= 4 is 72.4 Å². The zero-order chi connectivity index (χ0) is 17.9. The van der Waals surface area contributed by atoms with Crippen LogP contribution in [-0.2, 0) is 10.5 Å². The summed E-state index contributed by atoms with van der Waals surface area (Å²) >= 11 is 3.14. The summed E-state index contributed by atoms with van der Waals surface area (Å²) in [5, 5.41) is 7.92. The van der Waals surface area contributed by atoms with E-state index in [1.165, 1.54) is 11.3 Å². The van der Waals surface area contributed by atoms with Crippen LogP contribution in [0.1, 0.15) is 18.7 Å². The summed E-state index contributed by atoms with van der Waals surface area (Å²) in [4.78, 5) is 20.9. The first kappa shape index (κ1) is 24.5. The molecular weight excluding hydrogens is 443 g/mol. The summed E-state index contributed by atoms with van der Waals surface area (Å²) in [6, 6.07) is 0. The third-order valence-electron chi connectivity index (χ3n) is 4.06. The SMILES string of the molecule is C[Si](C)(C)c1cnc(CSc2cnc(NC(=O)C3CCNCC3)s2)o1.Cl.Cl. The largest absolute Gasteiger partial charge is 0.450 e. The minimum Gasteiger partial charge on any atom is -0.450 e. The first-order chi connectivity index (χ1) is 11.9. The molecule has 3 heterocycles. The van der Waals surface area contributed by atoms with Crippen molar-refractivity contribution in [2.24, 2.45) is 5.92 Å². The monoisotopic (exact) mass is 468 g/mol. The summed E-state index contributed by atoms with van der Waals surface area (Å²) in [6.45, 7) is 8.54. The van der Waals surface area contributed by atoms with Gasteiger partial charge in [0.05, 0.1) is 22.4 Å². The van der Waals surface area contributed by atoms with Gasteiger partial charge in [0.15, 0.2) is 5.13 Å². The van der Waals surface area contributed by atoms with Gasteiger partial charge in [-0.2, -0.15) is 0 Å². The van der Waals surface area contributed by atoms with Crippen molar-refractivity contribution in [1.82, 2.24) is 15.3 Å². The van der Waals surface area contributed by atoms with Crippen molar-refractivity contribution in [3.05, 3.63) is 18.3 Å². The van der Waals surface area contributed by atoms with Crippen molar-refractivity contribution in [3.63, 3.8) is 0 Å². The molecule has 1 aliphatic heterocycles. The standard InChI is InChI=1S/C16H24N4O2S2Si.2ClH/c1-25(2,3)13-8-18-12(22-13)10-23-14-9-19-16(24-14)20-15(21)11-4-6-17-7-5-11;;/h8-9,11,17H,4-7,10H2,1-3H3,(H,19,20,21);2*1H. The first-order valence-electron chi connectivity index (χ1n) is 8.47. The number of nitrogens with zero attached hydrogens (tertiary/aromatic N) is 2. The van der Waals surface area contributed by atoms with E-state index in [1.807, 2.05) is 6.20 Å². The fraction of sp³-hybridized carbons (Fsp3) is 0.562. The molecule has 0 saturated carbocycles. The number of halogens is 2. The van der Waals surface area contributed by atoms with Gasteiger partial charge in [-0.25, -0.2) is 9.97 Å². The van der Waals surface area contributed by atoms with Crippen molar-refractivity contribution in [3.8, 4) is 0 Å². The van der Waals surface area contributed by atoms with Crippen LogP contribution in [0.15, 0.2) is 21.0 Å². The van der Waals surface area contributed by atoms with Crippen LogP contribution in [0.4, 0.5) is 5.13 Å². The molecule has 11 heteroatoms. The van der Waals surface area contributed by atoms with Gasteiger partial charge in [0.25, 0.3) is 0 Å². The maximum absolute atomic E-state index is 12.3. The molecule has 0 unspecified atom stereocenters. The van der Waals surface area contributed by atoms with Gasteiger partial charge < -0.3 is 15.1 Å². The fourth-order valence-electron chi connectivity index (χ4n) is 2.53. The molecular formula is C16H26Cl2N4O2S2Si. The molecule has 0 aromatic carbocycles.